The number of benzene rings is 2. The number of ether oxygens (including phenoxy) is 4. The summed E-state index contributed by atoms with van der Waals surface area (Å²) >= 11 is 6.37. The molecular formula is C26H36ClO5P. The Hall–Kier alpha value is -1.97. The van der Waals surface area contributed by atoms with Gasteiger partial charge in [0.15, 0.2) is 5.52 Å². The first-order valence-corrected chi connectivity index (χ1v) is 13.1. The zero-order valence-corrected chi connectivity index (χ0v) is 21.9. The molecule has 0 saturated carbocycles. The maximum absolute atomic E-state index is 13.4. The number of carbonyl (C=O) groups excluding carboxylic acids is 1. The van der Waals surface area contributed by atoms with E-state index in [-0.39, 0.29) is 14.1 Å². The molecule has 1 atom stereocenters. The molecule has 0 aliphatic carbocycles. The molecule has 0 saturated heterocycles. The lowest BCUT2D eigenvalue weighted by molar-refractivity contribution is 0.108. The summed E-state index contributed by atoms with van der Waals surface area (Å²) in [7, 11) is 1.30. The van der Waals surface area contributed by atoms with Crippen molar-refractivity contribution in [2.45, 2.75) is 59.3 Å². The third kappa shape index (κ3) is 8.39. The molecule has 0 heterocycles. The number of carbonyl (C=O) groups is 1. The Balaban J connectivity index is 2.45. The van der Waals surface area contributed by atoms with Crippen molar-refractivity contribution in [3.05, 3.63) is 40.9 Å². The van der Waals surface area contributed by atoms with Gasteiger partial charge in [0.1, 0.15) is 23.0 Å². The summed E-state index contributed by atoms with van der Waals surface area (Å²) in [5, 5.41) is 1.10. The van der Waals surface area contributed by atoms with Crippen LogP contribution in [0.25, 0.3) is 0 Å². The third-order valence-electron chi connectivity index (χ3n) is 4.98. The monoisotopic (exact) mass is 494 g/mol. The van der Waals surface area contributed by atoms with E-state index in [1.807, 2.05) is 12.1 Å². The molecule has 0 aliphatic rings. The maximum Gasteiger partial charge on any atom is 0.191 e. The van der Waals surface area contributed by atoms with Crippen LogP contribution in [0.1, 0.15) is 69.7 Å². The quantitative estimate of drug-likeness (QED) is 0.185. The van der Waals surface area contributed by atoms with Gasteiger partial charge in [-0.15, -0.1) is 0 Å². The minimum absolute atomic E-state index is 0.127. The summed E-state index contributed by atoms with van der Waals surface area (Å²) in [6.07, 6.45) is 5.88. The first-order valence-electron chi connectivity index (χ1n) is 11.8. The highest BCUT2D eigenvalue weighted by Crippen LogP contribution is 2.38. The van der Waals surface area contributed by atoms with E-state index in [9.17, 15) is 4.79 Å². The standard InChI is InChI=1S/C26H36ClO5P/c1-5-8-14-30-19-17-22(31-15-9-6-2)25(23(18-19)32-16-10-7-3)33-26(28)24-20(27)12-11-13-21(24)29-4/h11-13,17-18,33H,5-10,14-16H2,1-4H3. The number of unbranched alkanes of at least 4 members (excludes halogenated alkanes) is 3. The van der Waals surface area contributed by atoms with Gasteiger partial charge >= 0.3 is 0 Å². The molecule has 0 aliphatic heterocycles. The van der Waals surface area contributed by atoms with E-state index in [1.54, 1.807) is 18.2 Å². The largest absolute Gasteiger partial charge is 0.496 e. The van der Waals surface area contributed by atoms with Gasteiger partial charge in [-0.2, -0.15) is 0 Å². The molecule has 0 aromatic heterocycles. The molecule has 0 fully saturated rings. The Kier molecular flexibility index (Phi) is 12.4. The zero-order chi connectivity index (χ0) is 24.1. The Morgan fingerprint density at radius 3 is 1.91 bits per heavy atom. The molecule has 0 N–H and O–H groups in total. The van der Waals surface area contributed by atoms with Gasteiger partial charge in [0, 0.05) is 12.1 Å². The highest BCUT2D eigenvalue weighted by molar-refractivity contribution is 7.66. The topological polar surface area (TPSA) is 54.0 Å². The van der Waals surface area contributed by atoms with E-state index in [2.05, 4.69) is 20.8 Å². The second kappa shape index (κ2) is 15.0. The number of hydrogen-bond donors (Lipinski definition) is 0. The second-order valence-corrected chi connectivity index (χ2v) is 9.28. The van der Waals surface area contributed by atoms with Gasteiger partial charge in [0.2, 0.25) is 0 Å². The highest BCUT2D eigenvalue weighted by Gasteiger charge is 2.23. The van der Waals surface area contributed by atoms with Crippen molar-refractivity contribution in [1.29, 1.82) is 0 Å². The summed E-state index contributed by atoms with van der Waals surface area (Å²) in [4.78, 5) is 13.4. The smallest absolute Gasteiger partial charge is 0.191 e. The fraction of sp³-hybridized carbons (Fsp3) is 0.500. The number of rotatable bonds is 16. The molecule has 0 spiro atoms. The van der Waals surface area contributed by atoms with Gasteiger partial charge in [-0.05, 0) is 40.0 Å². The van der Waals surface area contributed by atoms with E-state index in [0.717, 1.165) is 43.8 Å². The van der Waals surface area contributed by atoms with E-state index >= 15 is 0 Å². The van der Waals surface area contributed by atoms with Gasteiger partial charge in [-0.3, -0.25) is 4.79 Å². The van der Waals surface area contributed by atoms with Crippen LogP contribution in [0.15, 0.2) is 30.3 Å². The van der Waals surface area contributed by atoms with E-state index in [0.29, 0.717) is 53.4 Å². The fourth-order valence-electron chi connectivity index (χ4n) is 3.06. The van der Waals surface area contributed by atoms with Gasteiger partial charge in [0.25, 0.3) is 0 Å². The molecule has 5 nitrogen and oxygen atoms in total. The van der Waals surface area contributed by atoms with Crippen LogP contribution in [0.5, 0.6) is 23.0 Å². The van der Waals surface area contributed by atoms with Crippen molar-refractivity contribution in [3.63, 3.8) is 0 Å². The summed E-state index contributed by atoms with van der Waals surface area (Å²) in [5.74, 6) is 2.41. The predicted molar refractivity (Wildman–Crippen MR) is 138 cm³/mol. The van der Waals surface area contributed by atoms with E-state index in [1.165, 1.54) is 7.11 Å². The van der Waals surface area contributed by atoms with Crippen LogP contribution in [0.4, 0.5) is 0 Å². The van der Waals surface area contributed by atoms with Gasteiger partial charge in [-0.1, -0.05) is 57.7 Å². The average Bonchev–Trinajstić information content (AvgIpc) is 2.81. The highest BCUT2D eigenvalue weighted by atomic mass is 35.5. The summed E-state index contributed by atoms with van der Waals surface area (Å²) in [5.41, 5.74) is 0.250. The third-order valence-corrected chi connectivity index (χ3v) is 6.51. The molecule has 182 valence electrons. The van der Waals surface area contributed by atoms with Crippen LogP contribution in [0.3, 0.4) is 0 Å². The van der Waals surface area contributed by atoms with Crippen molar-refractivity contribution in [2.75, 3.05) is 26.9 Å². The normalized spacial score (nSPS) is 11.1. The molecule has 2 rings (SSSR count). The summed E-state index contributed by atoms with van der Waals surface area (Å²) in [6.45, 7) is 8.10. The van der Waals surface area contributed by atoms with Crippen molar-refractivity contribution in [1.82, 2.24) is 0 Å². The molecule has 2 aromatic rings. The lowest BCUT2D eigenvalue weighted by Crippen LogP contribution is -2.14. The minimum Gasteiger partial charge on any atom is -0.496 e. The fourth-order valence-corrected chi connectivity index (χ4v) is 4.53. The molecular weight excluding hydrogens is 459 g/mol. The van der Waals surface area contributed by atoms with E-state index < -0.39 is 0 Å². The Bertz CT molecular complexity index is 856. The number of methoxy groups -OCH3 is 1. The van der Waals surface area contributed by atoms with Gasteiger partial charge in [-0.25, -0.2) is 0 Å². The first kappa shape index (κ1) is 27.3. The maximum atomic E-state index is 13.4. The van der Waals surface area contributed by atoms with Crippen LogP contribution in [0.2, 0.25) is 5.02 Å². The Morgan fingerprint density at radius 2 is 1.39 bits per heavy atom. The van der Waals surface area contributed by atoms with Crippen LogP contribution in [-0.2, 0) is 0 Å². The lowest BCUT2D eigenvalue weighted by Gasteiger charge is -2.19. The first-order chi connectivity index (χ1) is 16.0. The van der Waals surface area contributed by atoms with Crippen LogP contribution >= 0.6 is 20.2 Å². The second-order valence-electron chi connectivity index (χ2n) is 7.67. The van der Waals surface area contributed by atoms with E-state index in [4.69, 9.17) is 30.5 Å². The van der Waals surface area contributed by atoms with Crippen LogP contribution in [-0.4, -0.2) is 32.5 Å². The Morgan fingerprint density at radius 1 is 0.848 bits per heavy atom. The zero-order valence-electron chi connectivity index (χ0n) is 20.2. The van der Waals surface area contributed by atoms with Crippen LogP contribution in [0, 0.1) is 0 Å². The van der Waals surface area contributed by atoms with Crippen molar-refractivity contribution in [3.8, 4) is 23.0 Å². The number of hydrogen-bond acceptors (Lipinski definition) is 5. The van der Waals surface area contributed by atoms with Crippen molar-refractivity contribution >= 4 is 31.0 Å². The average molecular weight is 495 g/mol. The molecule has 0 bridgehead atoms. The summed E-state index contributed by atoms with van der Waals surface area (Å²) < 4.78 is 23.6. The van der Waals surface area contributed by atoms with Crippen molar-refractivity contribution in [2.24, 2.45) is 0 Å². The molecule has 0 amide bonds. The lowest BCUT2D eigenvalue weighted by atomic mass is 10.2. The van der Waals surface area contributed by atoms with Crippen LogP contribution < -0.4 is 24.3 Å². The SMILES string of the molecule is CCCCOc1cc(OCCCC)c(PC(=O)c2c(Cl)cccc2OC)c(OCCCC)c1. The summed E-state index contributed by atoms with van der Waals surface area (Å²) in [6, 6.07) is 8.95. The minimum atomic E-state index is -0.237. The van der Waals surface area contributed by atoms with Crippen molar-refractivity contribution < 1.29 is 23.7 Å². The molecule has 2 aromatic carbocycles. The molecule has 7 heteroatoms. The predicted octanol–water partition coefficient (Wildman–Crippen LogP) is 7.03. The molecule has 0 radical (unpaired) electrons. The van der Waals surface area contributed by atoms with Gasteiger partial charge in [0.05, 0.1) is 42.8 Å². The molecule has 1 unspecified atom stereocenters. The number of halogens is 1. The molecule has 33 heavy (non-hydrogen) atoms. The van der Waals surface area contributed by atoms with Gasteiger partial charge < -0.3 is 18.9 Å². The Labute approximate surface area is 204 Å².